The van der Waals surface area contributed by atoms with Crippen LogP contribution >= 0.6 is 0 Å². The van der Waals surface area contributed by atoms with Crippen molar-refractivity contribution < 1.29 is 39.8 Å². The van der Waals surface area contributed by atoms with Gasteiger partial charge in [0.1, 0.15) is 24.4 Å². The molecule has 6 N–H and O–H groups in total. The third kappa shape index (κ3) is 41.1. The summed E-state index contributed by atoms with van der Waals surface area (Å²) in [6, 6.07) is -0.841. The second kappa shape index (κ2) is 51.6. The van der Waals surface area contributed by atoms with Crippen LogP contribution in [0.5, 0.6) is 0 Å². The number of carbonyl (C=O) groups excluding carboxylic acids is 1. The first-order chi connectivity index (χ1) is 35.8. The molecule has 1 aliphatic heterocycles. The van der Waals surface area contributed by atoms with Crippen LogP contribution < -0.4 is 5.32 Å². The molecule has 0 bridgehead atoms. The maximum absolute atomic E-state index is 13.0. The fourth-order valence-electron chi connectivity index (χ4n) is 7.88. The lowest BCUT2D eigenvalue weighted by atomic mass is 9.99. The largest absolute Gasteiger partial charge is 0.394 e. The third-order valence-electron chi connectivity index (χ3n) is 12.4. The van der Waals surface area contributed by atoms with Gasteiger partial charge in [0.2, 0.25) is 5.91 Å². The van der Waals surface area contributed by atoms with E-state index < -0.39 is 49.5 Å². The highest BCUT2D eigenvalue weighted by Crippen LogP contribution is 2.22. The molecule has 1 rings (SSSR count). The zero-order chi connectivity index (χ0) is 52.9. The fraction of sp³-hybridized carbons (Fsp3) is 0.609. The molecular formula is C64H103NO8. The summed E-state index contributed by atoms with van der Waals surface area (Å²) in [5, 5.41) is 54.3. The fourth-order valence-corrected chi connectivity index (χ4v) is 7.88. The maximum atomic E-state index is 13.0. The summed E-state index contributed by atoms with van der Waals surface area (Å²) >= 11 is 0. The molecule has 0 aromatic carbocycles. The van der Waals surface area contributed by atoms with Crippen molar-refractivity contribution in [3.63, 3.8) is 0 Å². The Labute approximate surface area is 444 Å². The van der Waals surface area contributed by atoms with Gasteiger partial charge in [-0.15, -0.1) is 0 Å². The first-order valence-corrected chi connectivity index (χ1v) is 28.6. The van der Waals surface area contributed by atoms with Crippen molar-refractivity contribution in [2.75, 3.05) is 13.2 Å². The van der Waals surface area contributed by atoms with E-state index in [9.17, 15) is 30.3 Å². The molecule has 1 saturated heterocycles. The molecule has 1 amide bonds. The summed E-state index contributed by atoms with van der Waals surface area (Å²) in [5.41, 5.74) is 0. The first kappa shape index (κ1) is 67.1. The Morgan fingerprint density at radius 2 is 0.863 bits per heavy atom. The molecule has 0 radical (unpaired) electrons. The summed E-state index contributed by atoms with van der Waals surface area (Å²) in [7, 11) is 0. The molecule has 0 aromatic rings. The van der Waals surface area contributed by atoms with Gasteiger partial charge in [-0.3, -0.25) is 4.79 Å². The predicted octanol–water partition coefficient (Wildman–Crippen LogP) is 14.3. The van der Waals surface area contributed by atoms with E-state index in [1.807, 2.05) is 6.08 Å². The Kier molecular flexibility index (Phi) is 47.4. The van der Waals surface area contributed by atoms with Crippen molar-refractivity contribution in [3.8, 4) is 0 Å². The van der Waals surface area contributed by atoms with E-state index in [2.05, 4.69) is 153 Å². The Balaban J connectivity index is 2.19. The molecule has 7 unspecified atom stereocenters. The molecule has 7 atom stereocenters. The number of rotatable bonds is 46. The van der Waals surface area contributed by atoms with Gasteiger partial charge < -0.3 is 40.3 Å². The predicted molar refractivity (Wildman–Crippen MR) is 308 cm³/mol. The summed E-state index contributed by atoms with van der Waals surface area (Å²) in [4.78, 5) is 13.0. The lowest BCUT2D eigenvalue weighted by Crippen LogP contribution is -2.60. The molecule has 0 aliphatic carbocycles. The highest BCUT2D eigenvalue weighted by Gasteiger charge is 2.44. The lowest BCUT2D eigenvalue weighted by molar-refractivity contribution is -0.302. The van der Waals surface area contributed by atoms with Crippen LogP contribution in [0.15, 0.2) is 146 Å². The number of unbranched alkanes of at least 4 members (excludes halogenated alkanes) is 14. The van der Waals surface area contributed by atoms with E-state index in [1.54, 1.807) is 6.08 Å². The highest BCUT2D eigenvalue weighted by molar-refractivity contribution is 5.76. The lowest BCUT2D eigenvalue weighted by Gasteiger charge is -2.40. The maximum Gasteiger partial charge on any atom is 0.220 e. The summed E-state index contributed by atoms with van der Waals surface area (Å²) in [5.74, 6) is -0.206. The number of hydrogen-bond donors (Lipinski definition) is 6. The Morgan fingerprint density at radius 1 is 0.479 bits per heavy atom. The zero-order valence-corrected chi connectivity index (χ0v) is 45.6. The van der Waals surface area contributed by atoms with Crippen LogP contribution in [-0.4, -0.2) is 87.5 Å². The van der Waals surface area contributed by atoms with Crippen LogP contribution in [0, 0.1) is 0 Å². The Hall–Kier alpha value is -3.93. The summed E-state index contributed by atoms with van der Waals surface area (Å²) in [6.45, 7) is 3.58. The molecule has 0 aromatic heterocycles. The quantitative estimate of drug-likeness (QED) is 0.0261. The Morgan fingerprint density at radius 3 is 1.32 bits per heavy atom. The minimum absolute atomic E-state index is 0.206. The van der Waals surface area contributed by atoms with Crippen LogP contribution in [0.4, 0.5) is 0 Å². The summed E-state index contributed by atoms with van der Waals surface area (Å²) < 4.78 is 11.2. The molecular weight excluding hydrogens is 911 g/mol. The van der Waals surface area contributed by atoms with Crippen molar-refractivity contribution in [1.82, 2.24) is 5.32 Å². The number of aliphatic hydroxyl groups excluding tert-OH is 5. The minimum Gasteiger partial charge on any atom is -0.394 e. The van der Waals surface area contributed by atoms with Crippen molar-refractivity contribution in [3.05, 3.63) is 146 Å². The van der Waals surface area contributed by atoms with E-state index in [0.717, 1.165) is 122 Å². The highest BCUT2D eigenvalue weighted by atomic mass is 16.7. The standard InChI is InChI=1S/C64H103NO8/c1-3-5-7-9-11-13-15-17-18-19-20-21-22-23-24-25-26-27-28-29-30-31-32-33-34-35-36-37-38-39-40-42-44-46-48-50-52-54-60(68)65-57(56-72-64-63(71)62(70)61(69)59(55-66)73-64)58(67)53-51-49-47-45-43-41-16-14-12-10-8-6-4-2/h5,7,11-14,17-18,20-21,23-24,26-27,29-30,32-33,35-36,43,45,51,53,57-59,61-64,66-67,69-71H,3-4,6,8-10,15-16,19,22,25,28,31,34,37-42,44,46-50,52,54-56H2,1-2H3,(H,65,68)/b7-5-,13-11-,14-12+,18-17-,21-20-,24-23-,27-26-,30-29-,33-32-,36-35-,45-43+,53-51+. The van der Waals surface area contributed by atoms with Gasteiger partial charge in [0.15, 0.2) is 6.29 Å². The molecule has 0 spiro atoms. The molecule has 9 nitrogen and oxygen atoms in total. The van der Waals surface area contributed by atoms with Crippen molar-refractivity contribution in [2.45, 2.75) is 236 Å². The molecule has 73 heavy (non-hydrogen) atoms. The SMILES string of the molecule is CC/C=C\C/C=C\C/C=C\C/C=C\C/C=C\C/C=C\C/C=C\C/C=C\C/C=C\CCCCCCCCCCCC(=O)NC(COC1OC(CO)C(O)C(O)C1O)C(O)/C=C/CC/C=C/CC/C=C/CCCCC. The number of amides is 1. The van der Waals surface area contributed by atoms with Gasteiger partial charge in [-0.25, -0.2) is 0 Å². The van der Waals surface area contributed by atoms with E-state index in [0.29, 0.717) is 6.42 Å². The van der Waals surface area contributed by atoms with Crippen molar-refractivity contribution in [2.24, 2.45) is 0 Å². The van der Waals surface area contributed by atoms with Gasteiger partial charge in [0.25, 0.3) is 0 Å². The molecule has 1 fully saturated rings. The van der Waals surface area contributed by atoms with Gasteiger partial charge >= 0.3 is 0 Å². The average molecular weight is 1010 g/mol. The zero-order valence-electron chi connectivity index (χ0n) is 45.6. The van der Waals surface area contributed by atoms with Crippen molar-refractivity contribution in [1.29, 1.82) is 0 Å². The second-order valence-corrected chi connectivity index (χ2v) is 19.0. The second-order valence-electron chi connectivity index (χ2n) is 19.0. The van der Waals surface area contributed by atoms with Gasteiger partial charge in [0.05, 0.1) is 25.4 Å². The van der Waals surface area contributed by atoms with E-state index >= 15 is 0 Å². The number of allylic oxidation sites excluding steroid dienone is 23. The van der Waals surface area contributed by atoms with Gasteiger partial charge in [-0.1, -0.05) is 217 Å². The van der Waals surface area contributed by atoms with Crippen LogP contribution in [0.3, 0.4) is 0 Å². The van der Waals surface area contributed by atoms with E-state index in [4.69, 9.17) is 9.47 Å². The monoisotopic (exact) mass is 1010 g/mol. The molecule has 1 heterocycles. The number of aliphatic hydroxyl groups is 5. The topological polar surface area (TPSA) is 149 Å². The smallest absolute Gasteiger partial charge is 0.220 e. The number of hydrogen-bond acceptors (Lipinski definition) is 8. The average Bonchev–Trinajstić information content (AvgIpc) is 3.39. The van der Waals surface area contributed by atoms with Crippen molar-refractivity contribution >= 4 is 5.91 Å². The minimum atomic E-state index is -1.58. The van der Waals surface area contributed by atoms with Crippen LogP contribution in [0.2, 0.25) is 0 Å². The number of ether oxygens (including phenoxy) is 2. The van der Waals surface area contributed by atoms with Gasteiger partial charge in [-0.2, -0.15) is 0 Å². The van der Waals surface area contributed by atoms with Crippen LogP contribution in [-0.2, 0) is 14.3 Å². The normalized spacial score (nSPS) is 20.2. The molecule has 1 aliphatic rings. The van der Waals surface area contributed by atoms with E-state index in [-0.39, 0.29) is 12.5 Å². The van der Waals surface area contributed by atoms with Crippen LogP contribution in [0.25, 0.3) is 0 Å². The van der Waals surface area contributed by atoms with Crippen LogP contribution in [0.1, 0.15) is 194 Å². The van der Waals surface area contributed by atoms with Gasteiger partial charge in [-0.05, 0) is 116 Å². The molecule has 0 saturated carbocycles. The molecule has 9 heteroatoms. The van der Waals surface area contributed by atoms with Gasteiger partial charge in [0, 0.05) is 6.42 Å². The summed E-state index contributed by atoms with van der Waals surface area (Å²) in [6.07, 6.45) is 73.4. The first-order valence-electron chi connectivity index (χ1n) is 28.6. The Bertz CT molecular complexity index is 1650. The van der Waals surface area contributed by atoms with E-state index in [1.165, 1.54) is 51.4 Å². The molecule has 412 valence electrons. The third-order valence-corrected chi connectivity index (χ3v) is 12.4. The number of carbonyl (C=O) groups is 1. The number of nitrogens with one attached hydrogen (secondary N) is 1.